The Morgan fingerprint density at radius 3 is 1.46 bits per heavy atom. The summed E-state index contributed by atoms with van der Waals surface area (Å²) in [4.78, 5) is 10.8. The Bertz CT molecular complexity index is 1730. The van der Waals surface area contributed by atoms with Gasteiger partial charge in [0, 0.05) is 0 Å². The summed E-state index contributed by atoms with van der Waals surface area (Å²) in [6.45, 7) is 0.521. The van der Waals surface area contributed by atoms with Crippen molar-refractivity contribution in [3.05, 3.63) is 162 Å². The van der Waals surface area contributed by atoms with Gasteiger partial charge >= 0.3 is 18.3 Å². The lowest BCUT2D eigenvalue weighted by Crippen LogP contribution is -3.00. The van der Waals surface area contributed by atoms with Gasteiger partial charge in [0.05, 0.1) is 17.3 Å². The van der Waals surface area contributed by atoms with Gasteiger partial charge in [-0.3, -0.25) is 4.79 Å². The van der Waals surface area contributed by atoms with Crippen molar-refractivity contribution < 1.29 is 48.7 Å². The molecule has 3 nitrogen and oxygen atoms in total. The zero-order chi connectivity index (χ0) is 35.1. The van der Waals surface area contributed by atoms with Crippen LogP contribution in [0.2, 0.25) is 0 Å². The molecular formula is C39H35ClF6NO2P. The van der Waals surface area contributed by atoms with Crippen molar-refractivity contribution in [2.75, 3.05) is 6.54 Å². The highest BCUT2D eigenvalue weighted by Gasteiger charge is 2.45. The van der Waals surface area contributed by atoms with Gasteiger partial charge in [-0.1, -0.05) is 84.9 Å². The minimum Gasteiger partial charge on any atom is -1.00 e. The van der Waals surface area contributed by atoms with Crippen molar-refractivity contribution in [3.8, 4) is 0 Å². The molecule has 11 heteroatoms. The second-order valence-corrected chi connectivity index (χ2v) is 15.5. The number of carboxylic acid groups (broad SMARTS) is 1. The second kappa shape index (κ2) is 16.7. The Morgan fingerprint density at radius 1 is 0.640 bits per heavy atom. The summed E-state index contributed by atoms with van der Waals surface area (Å²) in [5.74, 6) is -0.851. The van der Waals surface area contributed by atoms with Gasteiger partial charge in [0.1, 0.15) is 29.2 Å². The summed E-state index contributed by atoms with van der Waals surface area (Å²) in [6.07, 6.45) is -7.27. The van der Waals surface area contributed by atoms with E-state index in [0.717, 1.165) is 34.1 Å². The maximum Gasteiger partial charge on any atom is 0.416 e. The van der Waals surface area contributed by atoms with E-state index in [2.05, 4.69) is 41.7 Å². The van der Waals surface area contributed by atoms with Crippen molar-refractivity contribution >= 4 is 29.1 Å². The summed E-state index contributed by atoms with van der Waals surface area (Å²) < 4.78 is 77.8. The van der Waals surface area contributed by atoms with E-state index in [4.69, 9.17) is 5.11 Å². The number of benzene rings is 5. The summed E-state index contributed by atoms with van der Waals surface area (Å²) in [6, 6.07) is 40.9. The Hall–Kier alpha value is -4.17. The van der Waals surface area contributed by atoms with Crippen LogP contribution in [0.15, 0.2) is 140 Å². The average Bonchev–Trinajstić information content (AvgIpc) is 3.57. The van der Waals surface area contributed by atoms with Crippen molar-refractivity contribution in [2.24, 2.45) is 5.92 Å². The number of hydrogen-bond donors (Lipinski definition) is 2. The van der Waals surface area contributed by atoms with Crippen LogP contribution in [0.3, 0.4) is 0 Å². The lowest BCUT2D eigenvalue weighted by Gasteiger charge is -2.28. The van der Waals surface area contributed by atoms with Gasteiger partial charge < -0.3 is 22.8 Å². The van der Waals surface area contributed by atoms with Crippen molar-refractivity contribution in [1.29, 1.82) is 0 Å². The van der Waals surface area contributed by atoms with Crippen LogP contribution < -0.4 is 33.6 Å². The molecule has 0 amide bonds. The predicted molar refractivity (Wildman–Crippen MR) is 183 cm³/mol. The van der Waals surface area contributed by atoms with Crippen LogP contribution in [0.1, 0.15) is 28.7 Å². The lowest BCUT2D eigenvalue weighted by molar-refractivity contribution is -0.139. The molecule has 1 saturated heterocycles. The quantitative estimate of drug-likeness (QED) is 0.164. The van der Waals surface area contributed by atoms with Crippen molar-refractivity contribution in [1.82, 2.24) is 5.32 Å². The van der Waals surface area contributed by atoms with Crippen LogP contribution in [0.4, 0.5) is 26.3 Å². The highest BCUT2D eigenvalue weighted by Crippen LogP contribution is 2.58. The lowest BCUT2D eigenvalue weighted by atomic mass is 9.95. The molecule has 0 aliphatic carbocycles. The summed E-state index contributed by atoms with van der Waals surface area (Å²) >= 11 is 0. The number of hydrogen-bond acceptors (Lipinski definition) is 2. The van der Waals surface area contributed by atoms with E-state index in [1.54, 1.807) is 12.1 Å². The number of aliphatic carboxylic acids is 1. The first-order valence-corrected chi connectivity index (χ1v) is 17.7. The maximum atomic E-state index is 13.4. The highest BCUT2D eigenvalue weighted by atomic mass is 35.5. The minimum absolute atomic E-state index is 0. The van der Waals surface area contributed by atoms with E-state index >= 15 is 0 Å². The fourth-order valence-electron chi connectivity index (χ4n) is 6.25. The summed E-state index contributed by atoms with van der Waals surface area (Å²) in [7, 11) is -2.21. The van der Waals surface area contributed by atoms with Crippen molar-refractivity contribution in [3.63, 3.8) is 0 Å². The number of rotatable bonds is 8. The minimum atomic E-state index is -4.36. The monoisotopic (exact) mass is 729 g/mol. The molecular weight excluding hydrogens is 695 g/mol. The maximum absolute atomic E-state index is 13.4. The van der Waals surface area contributed by atoms with Crippen LogP contribution in [-0.2, 0) is 29.7 Å². The first kappa shape index (κ1) is 38.6. The average molecular weight is 730 g/mol. The summed E-state index contributed by atoms with van der Waals surface area (Å²) in [5, 5.41) is 15.1. The van der Waals surface area contributed by atoms with E-state index < -0.39 is 42.8 Å². The Labute approximate surface area is 294 Å². The largest absolute Gasteiger partial charge is 1.00 e. The SMILES string of the molecule is FC(F)(F)c1cccc(C[P+](c2ccccc2)(c2ccccc2)c2ccccc2)c1.O=C(O)[C@@H]1C[C@H](Cc2cccc(C(F)(F)F)c2)CN1.[Cl-]. The molecule has 0 aromatic heterocycles. The first-order valence-electron chi connectivity index (χ1n) is 15.7. The molecule has 50 heavy (non-hydrogen) atoms. The Balaban J connectivity index is 0.000000243. The van der Waals surface area contributed by atoms with Crippen LogP contribution >= 0.6 is 7.26 Å². The third kappa shape index (κ3) is 9.53. The molecule has 0 unspecified atom stereocenters. The van der Waals surface area contributed by atoms with Gasteiger partial charge in [-0.2, -0.15) is 26.3 Å². The third-order valence-corrected chi connectivity index (χ3v) is 12.9. The molecule has 1 aliphatic heterocycles. The van der Waals surface area contributed by atoms with Gasteiger partial charge in [-0.05, 0) is 91.0 Å². The molecule has 0 bridgehead atoms. The van der Waals surface area contributed by atoms with E-state index in [-0.39, 0.29) is 18.3 Å². The number of alkyl halides is 6. The van der Waals surface area contributed by atoms with E-state index in [0.29, 0.717) is 36.7 Å². The molecule has 0 radical (unpaired) electrons. The molecule has 0 saturated carbocycles. The molecule has 2 N–H and O–H groups in total. The second-order valence-electron chi connectivity index (χ2n) is 12.0. The van der Waals surface area contributed by atoms with Crippen LogP contribution in [0.5, 0.6) is 0 Å². The smallest absolute Gasteiger partial charge is 0.416 e. The number of carbonyl (C=O) groups is 1. The number of halogens is 7. The Kier molecular flexibility index (Phi) is 12.9. The van der Waals surface area contributed by atoms with E-state index in [1.165, 1.54) is 18.2 Å². The number of carboxylic acids is 1. The predicted octanol–water partition coefficient (Wildman–Crippen LogP) is 5.51. The Morgan fingerprint density at radius 2 is 1.06 bits per heavy atom. The highest BCUT2D eigenvalue weighted by molar-refractivity contribution is 7.95. The normalized spacial score (nSPS) is 16.1. The standard InChI is InChI=1S/C26H21F3P.C13H14F3NO2.ClH/c27-26(28,29)22-12-10-11-21(19-22)20-30(23-13-4-1-5-14-23,24-15-6-2-7-16-24)25-17-8-3-9-18-25;14-13(15,16)10-3-1-2-8(5-10)4-9-6-11(12(18)19)17-7-9;/h1-19H,20H2;1-3,5,9,11,17H,4,6-7H2,(H,18,19);1H/q+1;;/p-1/t;9-,11-;/m.0./s1. The van der Waals surface area contributed by atoms with Crippen molar-refractivity contribution in [2.45, 2.75) is 37.4 Å². The molecule has 1 fully saturated rings. The summed E-state index contributed by atoms with van der Waals surface area (Å²) in [5.41, 5.74) is 0.0143. The zero-order valence-electron chi connectivity index (χ0n) is 26.7. The molecule has 0 spiro atoms. The molecule has 1 heterocycles. The van der Waals surface area contributed by atoms with E-state index in [9.17, 15) is 31.1 Å². The van der Waals surface area contributed by atoms with Gasteiger partial charge in [0.15, 0.2) is 0 Å². The fraction of sp³-hybridized carbons (Fsp3) is 0.205. The van der Waals surface area contributed by atoms with Gasteiger partial charge in [0.2, 0.25) is 0 Å². The van der Waals surface area contributed by atoms with Gasteiger partial charge in [-0.25, -0.2) is 0 Å². The zero-order valence-corrected chi connectivity index (χ0v) is 28.4. The first-order chi connectivity index (χ1) is 23.4. The van der Waals surface area contributed by atoms with E-state index in [1.807, 2.05) is 54.6 Å². The van der Waals surface area contributed by atoms with Crippen LogP contribution in [0.25, 0.3) is 0 Å². The molecule has 5 aromatic rings. The molecule has 5 aromatic carbocycles. The fourth-order valence-corrected chi connectivity index (χ4v) is 10.5. The third-order valence-electron chi connectivity index (χ3n) is 8.56. The number of nitrogens with one attached hydrogen (secondary N) is 1. The molecule has 6 rings (SSSR count). The van der Waals surface area contributed by atoms with Gasteiger partial charge in [-0.15, -0.1) is 0 Å². The topological polar surface area (TPSA) is 49.3 Å². The molecule has 262 valence electrons. The van der Waals surface area contributed by atoms with Crippen LogP contribution in [0, 0.1) is 5.92 Å². The molecule has 1 aliphatic rings. The van der Waals surface area contributed by atoms with Crippen LogP contribution in [-0.4, -0.2) is 23.7 Å². The van der Waals surface area contributed by atoms with Gasteiger partial charge in [0.25, 0.3) is 0 Å². The molecule has 2 atom stereocenters.